The van der Waals surface area contributed by atoms with Crippen molar-refractivity contribution in [3.05, 3.63) is 11.8 Å². The molecule has 0 aliphatic rings. The Morgan fingerprint density at radius 2 is 1.92 bits per heavy atom. The van der Waals surface area contributed by atoms with Crippen LogP contribution >= 0.6 is 0 Å². The number of hydrogen-bond acceptors (Lipinski definition) is 2. The Hall–Kier alpha value is -0.990. The molecule has 0 saturated carbocycles. The van der Waals surface area contributed by atoms with Crippen LogP contribution in [-0.2, 0) is 5.54 Å². The second-order valence-electron chi connectivity index (χ2n) is 4.66. The molecule has 3 nitrogen and oxygen atoms in total. The number of aromatic hydroxyl groups is 1. The van der Waals surface area contributed by atoms with E-state index in [4.69, 9.17) is 0 Å². The summed E-state index contributed by atoms with van der Waals surface area (Å²) in [7, 11) is 0. The van der Waals surface area contributed by atoms with E-state index in [0.717, 1.165) is 5.56 Å². The first-order valence-electron chi connectivity index (χ1n) is 4.61. The molecule has 1 rings (SSSR count). The van der Waals surface area contributed by atoms with E-state index in [0.29, 0.717) is 11.8 Å². The second-order valence-corrected chi connectivity index (χ2v) is 4.66. The van der Waals surface area contributed by atoms with E-state index < -0.39 is 0 Å². The van der Waals surface area contributed by atoms with Crippen LogP contribution in [0.5, 0.6) is 5.88 Å². The van der Waals surface area contributed by atoms with E-state index in [1.165, 1.54) is 0 Å². The third-order valence-electron chi connectivity index (χ3n) is 2.03. The Morgan fingerprint density at radius 1 is 1.38 bits per heavy atom. The van der Waals surface area contributed by atoms with Gasteiger partial charge in [0.15, 0.2) is 0 Å². The zero-order chi connectivity index (χ0) is 10.2. The summed E-state index contributed by atoms with van der Waals surface area (Å²) in [5.41, 5.74) is 0.756. The summed E-state index contributed by atoms with van der Waals surface area (Å²) in [5, 5.41) is 14.0. The van der Waals surface area contributed by atoms with Crippen LogP contribution in [0, 0.1) is 0 Å². The van der Waals surface area contributed by atoms with Gasteiger partial charge in [0.25, 0.3) is 0 Å². The topological polar surface area (TPSA) is 38.0 Å². The summed E-state index contributed by atoms with van der Waals surface area (Å²) in [4.78, 5) is 0. The molecule has 1 N–H and O–H groups in total. The summed E-state index contributed by atoms with van der Waals surface area (Å²) in [5.74, 6) is 0.610. The maximum absolute atomic E-state index is 9.84. The lowest BCUT2D eigenvalue weighted by atomic mass is 10.1. The fourth-order valence-electron chi connectivity index (χ4n) is 1.25. The summed E-state index contributed by atoms with van der Waals surface area (Å²) >= 11 is 0. The van der Waals surface area contributed by atoms with Crippen molar-refractivity contribution in [3.63, 3.8) is 0 Å². The summed E-state index contributed by atoms with van der Waals surface area (Å²) < 4.78 is 1.66. The Morgan fingerprint density at radius 3 is 2.15 bits per heavy atom. The second kappa shape index (κ2) is 3.05. The largest absolute Gasteiger partial charge is 0.493 e. The first-order valence-corrected chi connectivity index (χ1v) is 4.61. The monoisotopic (exact) mass is 182 g/mol. The van der Waals surface area contributed by atoms with Crippen LogP contribution < -0.4 is 0 Å². The van der Waals surface area contributed by atoms with Gasteiger partial charge in [-0.1, -0.05) is 13.8 Å². The van der Waals surface area contributed by atoms with Crippen LogP contribution in [0.4, 0.5) is 0 Å². The maximum Gasteiger partial charge on any atom is 0.213 e. The van der Waals surface area contributed by atoms with Crippen LogP contribution in [0.2, 0.25) is 0 Å². The molecule has 0 aliphatic carbocycles. The molecule has 0 spiro atoms. The van der Waals surface area contributed by atoms with Crippen molar-refractivity contribution in [2.75, 3.05) is 0 Å². The van der Waals surface area contributed by atoms with Crippen LogP contribution in [0.3, 0.4) is 0 Å². The number of aromatic nitrogens is 2. The number of nitrogens with zero attached hydrogens (tertiary/aromatic N) is 2. The van der Waals surface area contributed by atoms with Crippen LogP contribution in [0.25, 0.3) is 0 Å². The zero-order valence-electron chi connectivity index (χ0n) is 9.00. The third kappa shape index (κ3) is 1.85. The summed E-state index contributed by atoms with van der Waals surface area (Å²) in [6, 6.07) is 0. The van der Waals surface area contributed by atoms with Crippen molar-refractivity contribution in [3.8, 4) is 5.88 Å². The highest BCUT2D eigenvalue weighted by Gasteiger charge is 2.21. The van der Waals surface area contributed by atoms with Crippen molar-refractivity contribution in [2.45, 2.75) is 46.1 Å². The maximum atomic E-state index is 9.84. The van der Waals surface area contributed by atoms with Crippen molar-refractivity contribution in [1.29, 1.82) is 0 Å². The van der Waals surface area contributed by atoms with Gasteiger partial charge in [-0.2, -0.15) is 5.10 Å². The molecule has 0 amide bonds. The highest BCUT2D eigenvalue weighted by molar-refractivity contribution is 5.26. The van der Waals surface area contributed by atoms with E-state index in [1.54, 1.807) is 10.9 Å². The first-order chi connectivity index (χ1) is 5.84. The molecule has 0 fully saturated rings. The van der Waals surface area contributed by atoms with E-state index in [2.05, 4.69) is 5.10 Å². The van der Waals surface area contributed by atoms with Crippen molar-refractivity contribution in [1.82, 2.24) is 9.78 Å². The van der Waals surface area contributed by atoms with Gasteiger partial charge in [-0.05, 0) is 26.7 Å². The van der Waals surface area contributed by atoms with E-state index in [1.807, 2.05) is 34.6 Å². The molecular weight excluding hydrogens is 164 g/mol. The van der Waals surface area contributed by atoms with Gasteiger partial charge >= 0.3 is 0 Å². The smallest absolute Gasteiger partial charge is 0.213 e. The minimum absolute atomic E-state index is 0.156. The van der Waals surface area contributed by atoms with E-state index >= 15 is 0 Å². The molecule has 0 atom stereocenters. The molecule has 1 aromatic heterocycles. The molecule has 1 aromatic rings. The number of rotatable bonds is 1. The first kappa shape index (κ1) is 10.1. The minimum Gasteiger partial charge on any atom is -0.493 e. The van der Waals surface area contributed by atoms with Gasteiger partial charge in [0.05, 0.1) is 11.7 Å². The minimum atomic E-state index is -0.156. The molecule has 0 bridgehead atoms. The molecule has 0 aliphatic heterocycles. The predicted octanol–water partition coefficient (Wildman–Crippen LogP) is 2.47. The summed E-state index contributed by atoms with van der Waals surface area (Å²) in [6.07, 6.45) is 1.74. The lowest BCUT2D eigenvalue weighted by Crippen LogP contribution is -2.22. The van der Waals surface area contributed by atoms with Gasteiger partial charge in [0.2, 0.25) is 5.88 Å². The van der Waals surface area contributed by atoms with E-state index in [9.17, 15) is 5.11 Å². The van der Waals surface area contributed by atoms with Crippen LogP contribution in [-0.4, -0.2) is 14.9 Å². The third-order valence-corrected chi connectivity index (χ3v) is 2.03. The van der Waals surface area contributed by atoms with Gasteiger partial charge in [-0.15, -0.1) is 0 Å². The highest BCUT2D eigenvalue weighted by atomic mass is 16.3. The molecule has 0 radical (unpaired) electrons. The molecule has 74 valence electrons. The predicted molar refractivity (Wildman–Crippen MR) is 53.0 cm³/mol. The van der Waals surface area contributed by atoms with Gasteiger partial charge < -0.3 is 5.11 Å². The SMILES string of the molecule is CC(C)c1cnn(C(C)(C)C)c1O. The fraction of sp³-hybridized carbons (Fsp3) is 0.700. The Bertz CT molecular complexity index is 294. The lowest BCUT2D eigenvalue weighted by Gasteiger charge is -2.20. The van der Waals surface area contributed by atoms with Crippen molar-refractivity contribution < 1.29 is 5.11 Å². The quantitative estimate of drug-likeness (QED) is 0.724. The Kier molecular flexibility index (Phi) is 2.37. The Labute approximate surface area is 79.4 Å². The normalized spacial score (nSPS) is 12.5. The molecule has 1 heterocycles. The van der Waals surface area contributed by atoms with Gasteiger partial charge in [0.1, 0.15) is 0 Å². The molecule has 0 saturated heterocycles. The molecule has 3 heteroatoms. The highest BCUT2D eigenvalue weighted by Crippen LogP contribution is 2.29. The van der Waals surface area contributed by atoms with Crippen molar-refractivity contribution >= 4 is 0 Å². The van der Waals surface area contributed by atoms with E-state index in [-0.39, 0.29) is 5.54 Å². The fourth-order valence-corrected chi connectivity index (χ4v) is 1.25. The molecule has 0 unspecified atom stereocenters. The molecule has 13 heavy (non-hydrogen) atoms. The standard InChI is InChI=1S/C10H18N2O/c1-7(2)8-6-11-12(9(8)13)10(3,4)5/h6-7,13H,1-5H3. The molecular formula is C10H18N2O. The van der Waals surface area contributed by atoms with Crippen LogP contribution in [0.1, 0.15) is 46.1 Å². The van der Waals surface area contributed by atoms with Crippen molar-refractivity contribution in [2.24, 2.45) is 0 Å². The lowest BCUT2D eigenvalue weighted by molar-refractivity contribution is 0.292. The zero-order valence-corrected chi connectivity index (χ0v) is 9.00. The van der Waals surface area contributed by atoms with Gasteiger partial charge in [-0.3, -0.25) is 0 Å². The average Bonchev–Trinajstić information content (AvgIpc) is 2.28. The Balaban J connectivity index is 3.14. The van der Waals surface area contributed by atoms with Crippen LogP contribution in [0.15, 0.2) is 6.20 Å². The molecule has 0 aromatic carbocycles. The summed E-state index contributed by atoms with van der Waals surface area (Å²) in [6.45, 7) is 10.1. The van der Waals surface area contributed by atoms with Gasteiger partial charge in [0, 0.05) is 5.56 Å². The van der Waals surface area contributed by atoms with Gasteiger partial charge in [-0.25, -0.2) is 4.68 Å². The number of hydrogen-bond donors (Lipinski definition) is 1. The average molecular weight is 182 g/mol.